The lowest BCUT2D eigenvalue weighted by atomic mass is 9.98. The fraction of sp³-hybridized carbons (Fsp3) is 0.450. The lowest BCUT2D eigenvalue weighted by Crippen LogP contribution is -2.49. The van der Waals surface area contributed by atoms with Crippen molar-refractivity contribution in [3.8, 4) is 17.3 Å². The number of thiazole rings is 1. The standard InChI is InChI=1S/C20H23F3N4OS/c1-12(2)10-16(19(28)25-9-8-24)27-18(20(21,22)23)15-6-4-14(5-7-15)17-11-29-13(3)26-17/h4-7,11-12,16,18,27H,9-10H2,1-3H3,(H,25,28)/t16-,18-/m0/s1. The summed E-state index contributed by atoms with van der Waals surface area (Å²) in [4.78, 5) is 16.6. The van der Waals surface area contributed by atoms with Gasteiger partial charge in [-0.05, 0) is 24.8 Å². The molecular formula is C20H23F3N4OS. The minimum Gasteiger partial charge on any atom is -0.342 e. The third kappa shape index (κ3) is 6.54. The second-order valence-electron chi connectivity index (χ2n) is 7.07. The van der Waals surface area contributed by atoms with Crippen LogP contribution >= 0.6 is 11.3 Å². The second-order valence-corrected chi connectivity index (χ2v) is 8.14. The molecule has 0 fully saturated rings. The molecule has 2 aromatic rings. The molecule has 0 saturated heterocycles. The minimum atomic E-state index is -4.59. The fourth-order valence-corrected chi connectivity index (χ4v) is 3.52. The van der Waals surface area contributed by atoms with E-state index < -0.39 is 24.2 Å². The van der Waals surface area contributed by atoms with Crippen molar-refractivity contribution in [2.45, 2.75) is 45.5 Å². The van der Waals surface area contributed by atoms with E-state index in [0.29, 0.717) is 5.69 Å². The van der Waals surface area contributed by atoms with Crippen molar-refractivity contribution in [3.05, 3.63) is 40.2 Å². The maximum Gasteiger partial charge on any atom is 0.407 e. The summed E-state index contributed by atoms with van der Waals surface area (Å²) < 4.78 is 41.4. The van der Waals surface area contributed by atoms with Gasteiger partial charge in [-0.1, -0.05) is 38.1 Å². The van der Waals surface area contributed by atoms with Crippen LogP contribution in [0.3, 0.4) is 0 Å². The van der Waals surface area contributed by atoms with Crippen LogP contribution in [0.15, 0.2) is 29.6 Å². The molecule has 0 aliphatic rings. The van der Waals surface area contributed by atoms with E-state index in [9.17, 15) is 18.0 Å². The third-order valence-corrected chi connectivity index (χ3v) is 4.99. The number of hydrogen-bond donors (Lipinski definition) is 2. The van der Waals surface area contributed by atoms with Gasteiger partial charge >= 0.3 is 6.18 Å². The Morgan fingerprint density at radius 1 is 1.28 bits per heavy atom. The topological polar surface area (TPSA) is 77.8 Å². The Morgan fingerprint density at radius 3 is 2.41 bits per heavy atom. The number of hydrogen-bond acceptors (Lipinski definition) is 5. The van der Waals surface area contributed by atoms with E-state index in [0.717, 1.165) is 10.6 Å². The van der Waals surface area contributed by atoms with Crippen LogP contribution in [0.5, 0.6) is 0 Å². The van der Waals surface area contributed by atoms with Crippen molar-refractivity contribution in [2.24, 2.45) is 5.92 Å². The van der Waals surface area contributed by atoms with Crippen LogP contribution < -0.4 is 10.6 Å². The SMILES string of the molecule is Cc1nc(-c2ccc([C@H](N[C@@H](CC(C)C)C(=O)NCC#N)C(F)(F)F)cc2)cs1. The first-order valence-corrected chi connectivity index (χ1v) is 9.99. The van der Waals surface area contributed by atoms with Crippen LogP contribution in [-0.2, 0) is 4.79 Å². The number of aromatic nitrogens is 1. The van der Waals surface area contributed by atoms with Gasteiger partial charge in [-0.15, -0.1) is 11.3 Å². The van der Waals surface area contributed by atoms with Crippen molar-refractivity contribution >= 4 is 17.2 Å². The largest absolute Gasteiger partial charge is 0.407 e. The van der Waals surface area contributed by atoms with Crippen molar-refractivity contribution in [3.63, 3.8) is 0 Å². The van der Waals surface area contributed by atoms with Crippen molar-refractivity contribution in [1.29, 1.82) is 5.26 Å². The predicted molar refractivity (Wildman–Crippen MR) is 106 cm³/mol. The number of carbonyl (C=O) groups excluding carboxylic acids is 1. The zero-order valence-electron chi connectivity index (χ0n) is 16.4. The van der Waals surface area contributed by atoms with E-state index in [4.69, 9.17) is 5.26 Å². The van der Waals surface area contributed by atoms with E-state index >= 15 is 0 Å². The molecule has 156 valence electrons. The van der Waals surface area contributed by atoms with Gasteiger partial charge in [0.05, 0.1) is 22.8 Å². The highest BCUT2D eigenvalue weighted by atomic mass is 32.1. The van der Waals surface area contributed by atoms with Crippen LogP contribution in [0.1, 0.15) is 36.9 Å². The van der Waals surface area contributed by atoms with Crippen molar-refractivity contribution in [2.75, 3.05) is 6.54 Å². The number of benzene rings is 1. The highest BCUT2D eigenvalue weighted by Gasteiger charge is 2.42. The maximum absolute atomic E-state index is 13.8. The van der Waals surface area contributed by atoms with E-state index in [1.54, 1.807) is 18.2 Å². The molecule has 2 N–H and O–H groups in total. The van der Waals surface area contributed by atoms with Gasteiger partial charge in [0.2, 0.25) is 5.91 Å². The maximum atomic E-state index is 13.8. The molecule has 1 heterocycles. The zero-order chi connectivity index (χ0) is 21.6. The molecule has 0 radical (unpaired) electrons. The first-order chi connectivity index (χ1) is 13.6. The van der Waals surface area contributed by atoms with Crippen LogP contribution in [0.4, 0.5) is 13.2 Å². The average Bonchev–Trinajstić information content (AvgIpc) is 3.08. The molecule has 1 aromatic heterocycles. The number of aryl methyl sites for hydroxylation is 1. The molecule has 1 amide bonds. The lowest BCUT2D eigenvalue weighted by molar-refractivity contribution is -0.161. The molecule has 5 nitrogen and oxygen atoms in total. The fourth-order valence-electron chi connectivity index (χ4n) is 2.90. The number of nitriles is 1. The predicted octanol–water partition coefficient (Wildman–Crippen LogP) is 4.37. The van der Waals surface area contributed by atoms with E-state index in [2.05, 4.69) is 15.6 Å². The van der Waals surface area contributed by atoms with Crippen molar-refractivity contribution < 1.29 is 18.0 Å². The Bertz CT molecular complexity index is 856. The summed E-state index contributed by atoms with van der Waals surface area (Å²) in [6.45, 7) is 5.24. The van der Waals surface area contributed by atoms with Gasteiger partial charge in [0.25, 0.3) is 0 Å². The van der Waals surface area contributed by atoms with Gasteiger partial charge in [-0.25, -0.2) is 4.98 Å². The molecule has 29 heavy (non-hydrogen) atoms. The normalized spacial score (nSPS) is 13.7. The first kappa shape index (κ1) is 22.8. The monoisotopic (exact) mass is 424 g/mol. The van der Waals surface area contributed by atoms with Crippen LogP contribution in [0, 0.1) is 24.2 Å². The Hall–Kier alpha value is -2.44. The Balaban J connectivity index is 2.27. The third-order valence-electron chi connectivity index (χ3n) is 4.22. The van der Waals surface area contributed by atoms with Gasteiger partial charge < -0.3 is 5.32 Å². The second kappa shape index (κ2) is 9.85. The van der Waals surface area contributed by atoms with Crippen LogP contribution in [0.2, 0.25) is 0 Å². The molecule has 0 aliphatic heterocycles. The highest BCUT2D eigenvalue weighted by molar-refractivity contribution is 7.09. The van der Waals surface area contributed by atoms with Gasteiger partial charge in [-0.3, -0.25) is 10.1 Å². The van der Waals surface area contributed by atoms with Gasteiger partial charge in [0.15, 0.2) is 0 Å². The molecule has 0 spiro atoms. The summed E-state index contributed by atoms with van der Waals surface area (Å²) in [5, 5.41) is 16.1. The Labute approximate surface area is 172 Å². The number of rotatable bonds is 8. The average molecular weight is 424 g/mol. The smallest absolute Gasteiger partial charge is 0.342 e. The number of alkyl halides is 3. The van der Waals surface area contributed by atoms with Crippen molar-refractivity contribution in [1.82, 2.24) is 15.6 Å². The molecule has 2 rings (SSSR count). The van der Waals surface area contributed by atoms with E-state index in [1.807, 2.05) is 26.2 Å². The minimum absolute atomic E-state index is 0.00930. The summed E-state index contributed by atoms with van der Waals surface area (Å²) in [5.41, 5.74) is 1.45. The molecule has 0 aliphatic carbocycles. The summed E-state index contributed by atoms with van der Waals surface area (Å²) in [6.07, 6.45) is -4.39. The molecule has 1 aromatic carbocycles. The van der Waals surface area contributed by atoms with E-state index in [1.165, 1.54) is 23.5 Å². The highest BCUT2D eigenvalue weighted by Crippen LogP contribution is 2.34. The van der Waals surface area contributed by atoms with Gasteiger partial charge in [0, 0.05) is 10.9 Å². The van der Waals surface area contributed by atoms with Gasteiger partial charge in [-0.2, -0.15) is 18.4 Å². The molecule has 2 atom stereocenters. The molecular weight excluding hydrogens is 401 g/mol. The molecule has 0 unspecified atom stereocenters. The van der Waals surface area contributed by atoms with Gasteiger partial charge in [0.1, 0.15) is 12.6 Å². The lowest BCUT2D eigenvalue weighted by Gasteiger charge is -2.28. The number of halogens is 3. The summed E-state index contributed by atoms with van der Waals surface area (Å²) in [6, 6.07) is 4.66. The van der Waals surface area contributed by atoms with Crippen LogP contribution in [0.25, 0.3) is 11.3 Å². The number of carbonyl (C=O) groups is 1. The summed E-state index contributed by atoms with van der Waals surface area (Å²) in [7, 11) is 0. The number of nitrogens with zero attached hydrogens (tertiary/aromatic N) is 2. The van der Waals surface area contributed by atoms with Crippen LogP contribution in [-0.4, -0.2) is 29.7 Å². The van der Waals surface area contributed by atoms with E-state index in [-0.39, 0.29) is 24.4 Å². The number of amides is 1. The Morgan fingerprint density at radius 2 is 1.93 bits per heavy atom. The number of nitrogens with one attached hydrogen (secondary N) is 2. The summed E-state index contributed by atoms with van der Waals surface area (Å²) >= 11 is 1.47. The summed E-state index contributed by atoms with van der Waals surface area (Å²) in [5.74, 6) is -0.631. The molecule has 9 heteroatoms. The molecule has 0 saturated carbocycles. The Kier molecular flexibility index (Phi) is 7.76. The quantitative estimate of drug-likeness (QED) is 0.617. The molecule has 0 bridgehead atoms. The first-order valence-electron chi connectivity index (χ1n) is 9.11. The zero-order valence-corrected chi connectivity index (χ0v) is 17.2.